The first-order chi connectivity index (χ1) is 72.9. The third kappa shape index (κ3) is 16.9. The van der Waals surface area contributed by atoms with E-state index in [1.165, 1.54) is 55.1 Å². The van der Waals surface area contributed by atoms with E-state index in [-0.39, 0.29) is 0 Å². The number of fused-ring (bicyclic) bond motifs is 15. The van der Waals surface area contributed by atoms with Crippen molar-refractivity contribution in [1.82, 2.24) is 29.9 Å². The minimum atomic E-state index is 0.698. The van der Waals surface area contributed by atoms with E-state index in [0.717, 1.165) is 205 Å². The minimum Gasteiger partial charge on any atom is -0.455 e. The van der Waals surface area contributed by atoms with Crippen molar-refractivity contribution in [1.29, 1.82) is 0 Å². The summed E-state index contributed by atoms with van der Waals surface area (Å²) in [6.07, 6.45) is 0. The molecule has 0 saturated carbocycles. The Labute approximate surface area is 848 Å². The average Bonchev–Trinajstić information content (AvgIpc) is 1.59. The number of hydrogen-bond donors (Lipinski definition) is 0. The predicted molar refractivity (Wildman–Crippen MR) is 607 cm³/mol. The largest absolute Gasteiger partial charge is 0.455 e. The summed E-state index contributed by atoms with van der Waals surface area (Å²) in [4.78, 5) is 30.2. The molecule has 6 aromatic heterocycles. The van der Waals surface area contributed by atoms with Gasteiger partial charge < -0.3 is 13.3 Å². The molecule has 22 aromatic carbocycles. The molecule has 6 heterocycles. The van der Waals surface area contributed by atoms with Crippen LogP contribution in [0.3, 0.4) is 0 Å². The van der Waals surface area contributed by atoms with Gasteiger partial charge in [0.1, 0.15) is 33.5 Å². The molecule has 0 unspecified atom stereocenters. The van der Waals surface area contributed by atoms with Crippen molar-refractivity contribution in [3.05, 3.63) is 534 Å². The molecule has 0 bridgehead atoms. The van der Waals surface area contributed by atoms with Crippen molar-refractivity contribution in [2.75, 3.05) is 0 Å². The summed E-state index contributed by atoms with van der Waals surface area (Å²) in [6.45, 7) is 0. The predicted octanol–water partition coefficient (Wildman–Crippen LogP) is 37.3. The maximum absolute atomic E-state index is 6.64. The molecular formula is C138H88N6O3. The minimum absolute atomic E-state index is 0.698. The zero-order chi connectivity index (χ0) is 97.5. The third-order valence-corrected chi connectivity index (χ3v) is 27.9. The summed E-state index contributed by atoms with van der Waals surface area (Å²) in [7, 11) is 0. The third-order valence-electron chi connectivity index (χ3n) is 27.9. The molecule has 28 rings (SSSR count). The van der Waals surface area contributed by atoms with Gasteiger partial charge in [-0.15, -0.1) is 0 Å². The lowest BCUT2D eigenvalue weighted by Gasteiger charge is -2.11. The van der Waals surface area contributed by atoms with Crippen molar-refractivity contribution in [3.8, 4) is 180 Å². The van der Waals surface area contributed by atoms with E-state index in [9.17, 15) is 0 Å². The zero-order valence-electron chi connectivity index (χ0n) is 79.7. The first-order valence-corrected chi connectivity index (χ1v) is 49.6. The summed E-state index contributed by atoms with van der Waals surface area (Å²) in [5, 5.41) is 13.6. The summed E-state index contributed by atoms with van der Waals surface area (Å²) in [5.41, 5.74) is 36.1. The van der Waals surface area contributed by atoms with Crippen LogP contribution < -0.4 is 0 Å². The lowest BCUT2D eigenvalue weighted by Crippen LogP contribution is -1.96. The Morgan fingerprint density at radius 3 is 0.626 bits per heavy atom. The van der Waals surface area contributed by atoms with Crippen LogP contribution in [-0.2, 0) is 0 Å². The maximum atomic E-state index is 6.64. The summed E-state index contributed by atoms with van der Waals surface area (Å²) in [5.74, 6) is 2.11. The van der Waals surface area contributed by atoms with Crippen LogP contribution in [0.2, 0.25) is 0 Å². The second kappa shape index (κ2) is 38.4. The molecule has 0 aliphatic carbocycles. The van der Waals surface area contributed by atoms with Crippen LogP contribution in [0.4, 0.5) is 0 Å². The highest BCUT2D eigenvalue weighted by Gasteiger charge is 2.25. The quantitative estimate of drug-likeness (QED) is 0.0932. The van der Waals surface area contributed by atoms with Gasteiger partial charge in [-0.2, -0.15) is 0 Å². The van der Waals surface area contributed by atoms with Gasteiger partial charge in [-0.3, -0.25) is 0 Å². The number of furan rings is 3. The molecule has 0 spiro atoms. The fourth-order valence-corrected chi connectivity index (χ4v) is 20.8. The van der Waals surface area contributed by atoms with Gasteiger partial charge in [0.2, 0.25) is 0 Å². The molecule has 9 heteroatoms. The topological polar surface area (TPSA) is 117 Å². The molecule has 0 N–H and O–H groups in total. The Balaban J connectivity index is 0.000000112. The normalized spacial score (nSPS) is 11.4. The monoisotopic (exact) mass is 1880 g/mol. The average molecular weight is 1880 g/mol. The summed E-state index contributed by atoms with van der Waals surface area (Å²) < 4.78 is 19.9. The van der Waals surface area contributed by atoms with Gasteiger partial charge >= 0.3 is 0 Å². The number of nitrogens with zero attached hydrogens (tertiary/aromatic N) is 6. The molecule has 0 fully saturated rings. The standard InChI is InChI=1S/C50H32N2O.2C44H28N2O/c1-4-14-33(15-5-1)38-20-12-21-39(30-38)46-32-45(51-50(52-46)37-18-8-3-9-19-37)36-28-26-35(27-29-36)40-24-13-25-47-48(40)44-31-43(34-16-6-2-7-17-34)41-22-10-11-23-42(41)49(44)53-47;1-4-14-29(15-5-1)37-27-38-42-34(24-13-25-41(42)47-43(38)36-23-11-10-22-35(36)37)32-20-12-21-33(26-32)40-28-39(30-16-6-2-7-17-30)45-44(46-40)31-18-8-3-9-19-31;1-4-13-29(14-5-1)37-27-38-42-34(21-12-22-41(42)47-43(38)36-20-11-10-19-35(36)37)30-23-25-32(26-24-30)40-28-39(31-15-6-2-7-16-31)45-44(46-40)33-17-8-3-9-18-33/h1-32H;2*1-28H. The van der Waals surface area contributed by atoms with Crippen molar-refractivity contribution in [2.24, 2.45) is 0 Å². The van der Waals surface area contributed by atoms with Crippen LogP contribution in [0.15, 0.2) is 547 Å². The van der Waals surface area contributed by atoms with Crippen LogP contribution in [-0.4, -0.2) is 29.9 Å². The van der Waals surface area contributed by atoms with Crippen LogP contribution in [0.25, 0.3) is 278 Å². The molecule has 0 radical (unpaired) electrons. The maximum Gasteiger partial charge on any atom is 0.160 e. The number of aromatic nitrogens is 6. The molecule has 147 heavy (non-hydrogen) atoms. The van der Waals surface area contributed by atoms with Gasteiger partial charge in [-0.25, -0.2) is 29.9 Å². The molecule has 0 aliphatic rings. The Kier molecular flexibility index (Phi) is 22.8. The highest BCUT2D eigenvalue weighted by molar-refractivity contribution is 6.25. The Morgan fingerprint density at radius 2 is 0.320 bits per heavy atom. The van der Waals surface area contributed by atoms with E-state index < -0.39 is 0 Å². The fourth-order valence-electron chi connectivity index (χ4n) is 20.8. The second-order valence-corrected chi connectivity index (χ2v) is 36.9. The lowest BCUT2D eigenvalue weighted by molar-refractivity contribution is 0.672. The van der Waals surface area contributed by atoms with Gasteiger partial charge in [0.25, 0.3) is 0 Å². The first kappa shape index (κ1) is 87.5. The van der Waals surface area contributed by atoms with E-state index in [1.54, 1.807) is 0 Å². The second-order valence-electron chi connectivity index (χ2n) is 36.9. The Hall–Kier alpha value is -19.7. The van der Waals surface area contributed by atoms with Crippen LogP contribution >= 0.6 is 0 Å². The number of rotatable bonds is 16. The van der Waals surface area contributed by atoms with Gasteiger partial charge in [0, 0.05) is 98.5 Å². The number of benzene rings is 22. The van der Waals surface area contributed by atoms with E-state index >= 15 is 0 Å². The molecule has 9 nitrogen and oxygen atoms in total. The van der Waals surface area contributed by atoms with Gasteiger partial charge in [-0.1, -0.05) is 467 Å². The molecular weight excluding hydrogens is 1790 g/mol. The van der Waals surface area contributed by atoms with E-state index in [1.807, 2.05) is 97.1 Å². The smallest absolute Gasteiger partial charge is 0.160 e. The molecule has 0 saturated heterocycles. The Bertz CT molecular complexity index is 9680. The van der Waals surface area contributed by atoms with Gasteiger partial charge in [-0.05, 0) is 161 Å². The van der Waals surface area contributed by atoms with Crippen molar-refractivity contribution in [2.45, 2.75) is 0 Å². The first-order valence-electron chi connectivity index (χ1n) is 49.6. The molecule has 0 aliphatic heterocycles. The highest BCUT2D eigenvalue weighted by Crippen LogP contribution is 2.49. The molecule has 28 aromatic rings. The van der Waals surface area contributed by atoms with Crippen LogP contribution in [0.1, 0.15) is 0 Å². The van der Waals surface area contributed by atoms with E-state index in [4.69, 9.17) is 43.2 Å². The molecule has 688 valence electrons. The van der Waals surface area contributed by atoms with E-state index in [0.29, 0.717) is 17.5 Å². The van der Waals surface area contributed by atoms with Crippen LogP contribution in [0, 0.1) is 0 Å². The molecule has 0 amide bonds. The molecule has 0 atom stereocenters. The van der Waals surface area contributed by atoms with Crippen molar-refractivity contribution >= 4 is 98.1 Å². The Morgan fingerprint density at radius 1 is 0.116 bits per heavy atom. The van der Waals surface area contributed by atoms with Gasteiger partial charge in [0.05, 0.1) is 34.2 Å². The van der Waals surface area contributed by atoms with Gasteiger partial charge in [0.15, 0.2) is 17.5 Å². The SMILES string of the molecule is c1ccc(-c2cc(-c3ccc(-c4cccc5oc6c7ccccc7c(-c7ccccc7)cc6c45)cc3)nc(-c3ccccc3)n2)cc1.c1ccc(-c2cc(-c3cccc(-c4cccc5oc6c7ccccc7c(-c7ccccc7)cc6c45)c3)nc(-c3ccccc3)n2)cc1.c1ccc(-c2cccc(-c3cc(-c4ccc(-c5cccc6oc7c8ccccc8c(-c8ccccc8)cc7c56)cc4)nc(-c4ccccc4)n3)c2)cc1. The van der Waals surface area contributed by atoms with Crippen molar-refractivity contribution in [3.63, 3.8) is 0 Å². The van der Waals surface area contributed by atoms with Crippen molar-refractivity contribution < 1.29 is 13.3 Å². The summed E-state index contributed by atoms with van der Waals surface area (Å²) >= 11 is 0. The zero-order valence-corrected chi connectivity index (χ0v) is 79.7. The number of hydrogen-bond acceptors (Lipinski definition) is 9. The lowest BCUT2D eigenvalue weighted by atomic mass is 9.93. The fraction of sp³-hybridized carbons (Fsp3) is 0. The highest BCUT2D eigenvalue weighted by atomic mass is 16.3. The summed E-state index contributed by atoms with van der Waals surface area (Å²) in [6, 6.07) is 186. The van der Waals surface area contributed by atoms with E-state index in [2.05, 4.69) is 437 Å². The van der Waals surface area contributed by atoms with Crippen LogP contribution in [0.5, 0.6) is 0 Å².